The van der Waals surface area contributed by atoms with Crippen LogP contribution in [-0.4, -0.2) is 43.7 Å². The number of aromatic nitrogens is 1. The molecule has 1 aromatic carbocycles. The number of pyridine rings is 1. The van der Waals surface area contributed by atoms with Crippen molar-refractivity contribution in [1.82, 2.24) is 10.3 Å². The molecule has 1 aromatic heterocycles. The summed E-state index contributed by atoms with van der Waals surface area (Å²) in [6.07, 6.45) is 0.818. The van der Waals surface area contributed by atoms with Gasteiger partial charge >= 0.3 is 0 Å². The molecule has 2 aromatic rings. The Bertz CT molecular complexity index is 682. The monoisotopic (exact) mass is 325 g/mol. The fourth-order valence-electron chi connectivity index (χ4n) is 2.80. The summed E-state index contributed by atoms with van der Waals surface area (Å²) in [5.74, 6) is 0.690. The molecule has 0 saturated carbocycles. The molecule has 1 saturated heterocycles. The van der Waals surface area contributed by atoms with Gasteiger partial charge in [-0.2, -0.15) is 0 Å². The molecule has 5 nitrogen and oxygen atoms in total. The van der Waals surface area contributed by atoms with Gasteiger partial charge in [0.2, 0.25) is 0 Å². The largest absolute Gasteiger partial charge is 0.378 e. The van der Waals surface area contributed by atoms with Crippen LogP contribution in [0.1, 0.15) is 21.6 Å². The Morgan fingerprint density at radius 1 is 1.17 bits per heavy atom. The second-order valence-corrected chi connectivity index (χ2v) is 5.91. The normalized spacial score (nSPS) is 14.5. The number of carbonyl (C=O) groups is 1. The lowest BCUT2D eigenvalue weighted by Gasteiger charge is -2.29. The maximum absolute atomic E-state index is 12.6. The summed E-state index contributed by atoms with van der Waals surface area (Å²) in [6.45, 7) is 5.43. The molecule has 1 amide bonds. The molecule has 1 N–H and O–H groups in total. The Balaban J connectivity index is 1.67. The van der Waals surface area contributed by atoms with Crippen LogP contribution in [0.3, 0.4) is 0 Å². The molecule has 126 valence electrons. The molecular weight excluding hydrogens is 302 g/mol. The number of anilines is 1. The number of aryl methyl sites for hydroxylation is 1. The molecule has 0 atom stereocenters. The lowest BCUT2D eigenvalue weighted by atomic mass is 10.1. The molecule has 5 heteroatoms. The van der Waals surface area contributed by atoms with Gasteiger partial charge in [0.1, 0.15) is 5.82 Å². The van der Waals surface area contributed by atoms with E-state index in [1.165, 1.54) is 5.56 Å². The van der Waals surface area contributed by atoms with E-state index in [2.05, 4.69) is 27.3 Å². The third kappa shape index (κ3) is 4.11. The fourth-order valence-corrected chi connectivity index (χ4v) is 2.80. The van der Waals surface area contributed by atoms with Crippen molar-refractivity contribution in [2.75, 3.05) is 37.7 Å². The van der Waals surface area contributed by atoms with Crippen LogP contribution in [0, 0.1) is 6.92 Å². The number of amides is 1. The average molecular weight is 325 g/mol. The molecule has 3 rings (SSSR count). The summed E-state index contributed by atoms with van der Waals surface area (Å²) in [5.41, 5.74) is 2.76. The first-order chi connectivity index (χ1) is 11.7. The van der Waals surface area contributed by atoms with Gasteiger partial charge in [0.15, 0.2) is 0 Å². The summed E-state index contributed by atoms with van der Waals surface area (Å²) >= 11 is 0. The number of hydrogen-bond donors (Lipinski definition) is 1. The highest BCUT2D eigenvalue weighted by atomic mass is 16.5. The summed E-state index contributed by atoms with van der Waals surface area (Å²) in [7, 11) is 0. The van der Waals surface area contributed by atoms with Crippen molar-refractivity contribution in [3.8, 4) is 0 Å². The third-order valence-corrected chi connectivity index (χ3v) is 4.11. The van der Waals surface area contributed by atoms with E-state index in [4.69, 9.17) is 4.74 Å². The molecule has 24 heavy (non-hydrogen) atoms. The third-order valence-electron chi connectivity index (χ3n) is 4.11. The molecule has 0 unspecified atom stereocenters. The molecular formula is C19H23N3O2. The Morgan fingerprint density at radius 2 is 1.92 bits per heavy atom. The maximum Gasteiger partial charge on any atom is 0.255 e. The van der Waals surface area contributed by atoms with Crippen LogP contribution in [-0.2, 0) is 11.2 Å². The number of carbonyl (C=O) groups excluding carboxylic acids is 1. The molecule has 0 spiro atoms. The Labute approximate surface area is 142 Å². The van der Waals surface area contributed by atoms with Crippen molar-refractivity contribution in [3.63, 3.8) is 0 Å². The number of rotatable bonds is 5. The number of morpholine rings is 1. The van der Waals surface area contributed by atoms with Gasteiger partial charge in [0.25, 0.3) is 5.91 Å². The van der Waals surface area contributed by atoms with Crippen molar-refractivity contribution in [3.05, 3.63) is 59.3 Å². The quantitative estimate of drug-likeness (QED) is 0.916. The standard InChI is InChI=1S/C19H23N3O2/c1-15-7-8-17(18(21-15)22-11-13-24-14-12-22)19(23)20-10-9-16-5-3-2-4-6-16/h2-8H,9-14H2,1H3,(H,20,23). The van der Waals surface area contributed by atoms with E-state index in [0.717, 1.165) is 31.0 Å². The van der Waals surface area contributed by atoms with Crippen molar-refractivity contribution in [2.45, 2.75) is 13.3 Å². The highest BCUT2D eigenvalue weighted by Gasteiger charge is 2.20. The average Bonchev–Trinajstić information content (AvgIpc) is 2.63. The van der Waals surface area contributed by atoms with Gasteiger partial charge in [0, 0.05) is 25.3 Å². The zero-order chi connectivity index (χ0) is 16.8. The van der Waals surface area contributed by atoms with Gasteiger partial charge in [-0.1, -0.05) is 30.3 Å². The van der Waals surface area contributed by atoms with E-state index in [1.807, 2.05) is 37.3 Å². The van der Waals surface area contributed by atoms with Gasteiger partial charge in [0.05, 0.1) is 18.8 Å². The van der Waals surface area contributed by atoms with Crippen LogP contribution in [0.2, 0.25) is 0 Å². The molecule has 0 aliphatic carbocycles. The van der Waals surface area contributed by atoms with Crippen LogP contribution in [0.4, 0.5) is 5.82 Å². The smallest absolute Gasteiger partial charge is 0.255 e. The first-order valence-electron chi connectivity index (χ1n) is 8.36. The lowest BCUT2D eigenvalue weighted by molar-refractivity contribution is 0.0952. The molecule has 1 fully saturated rings. The van der Waals surface area contributed by atoms with Crippen molar-refractivity contribution < 1.29 is 9.53 Å². The molecule has 0 radical (unpaired) electrons. The maximum atomic E-state index is 12.6. The second kappa shape index (κ2) is 7.93. The van der Waals surface area contributed by atoms with Crippen LogP contribution in [0.5, 0.6) is 0 Å². The predicted molar refractivity (Wildman–Crippen MR) is 94.5 cm³/mol. The van der Waals surface area contributed by atoms with Crippen molar-refractivity contribution in [1.29, 1.82) is 0 Å². The lowest BCUT2D eigenvalue weighted by Crippen LogP contribution is -2.38. The van der Waals surface area contributed by atoms with Gasteiger partial charge < -0.3 is 15.0 Å². The van der Waals surface area contributed by atoms with E-state index in [0.29, 0.717) is 25.3 Å². The van der Waals surface area contributed by atoms with Gasteiger partial charge in [-0.3, -0.25) is 4.79 Å². The van der Waals surface area contributed by atoms with Gasteiger partial charge in [-0.05, 0) is 31.0 Å². The first kappa shape index (κ1) is 16.5. The van der Waals surface area contributed by atoms with E-state index in [1.54, 1.807) is 0 Å². The zero-order valence-electron chi connectivity index (χ0n) is 14.0. The number of ether oxygens (including phenoxy) is 1. The van der Waals surface area contributed by atoms with E-state index in [-0.39, 0.29) is 5.91 Å². The zero-order valence-corrected chi connectivity index (χ0v) is 14.0. The van der Waals surface area contributed by atoms with Gasteiger partial charge in [-0.25, -0.2) is 4.98 Å². The van der Waals surface area contributed by atoms with E-state index in [9.17, 15) is 4.79 Å². The first-order valence-corrected chi connectivity index (χ1v) is 8.36. The number of hydrogen-bond acceptors (Lipinski definition) is 4. The molecule has 1 aliphatic heterocycles. The number of nitrogens with one attached hydrogen (secondary N) is 1. The van der Waals surface area contributed by atoms with Crippen LogP contribution in [0.15, 0.2) is 42.5 Å². The van der Waals surface area contributed by atoms with Gasteiger partial charge in [-0.15, -0.1) is 0 Å². The number of nitrogens with zero attached hydrogens (tertiary/aromatic N) is 2. The van der Waals surface area contributed by atoms with E-state index >= 15 is 0 Å². The highest BCUT2D eigenvalue weighted by Crippen LogP contribution is 2.19. The van der Waals surface area contributed by atoms with E-state index < -0.39 is 0 Å². The minimum Gasteiger partial charge on any atom is -0.378 e. The molecule has 0 bridgehead atoms. The minimum atomic E-state index is -0.0695. The minimum absolute atomic E-state index is 0.0695. The Hall–Kier alpha value is -2.40. The summed E-state index contributed by atoms with van der Waals surface area (Å²) in [6, 6.07) is 13.9. The number of benzene rings is 1. The van der Waals surface area contributed by atoms with Crippen molar-refractivity contribution >= 4 is 11.7 Å². The highest BCUT2D eigenvalue weighted by molar-refractivity contribution is 5.99. The topological polar surface area (TPSA) is 54.5 Å². The summed E-state index contributed by atoms with van der Waals surface area (Å²) < 4.78 is 5.40. The van der Waals surface area contributed by atoms with Crippen LogP contribution < -0.4 is 10.2 Å². The second-order valence-electron chi connectivity index (χ2n) is 5.91. The SMILES string of the molecule is Cc1ccc(C(=O)NCCc2ccccc2)c(N2CCOCC2)n1. The molecule has 1 aliphatic rings. The van der Waals surface area contributed by atoms with Crippen molar-refractivity contribution in [2.24, 2.45) is 0 Å². The fraction of sp³-hybridized carbons (Fsp3) is 0.368. The van der Waals surface area contributed by atoms with Crippen LogP contribution in [0.25, 0.3) is 0 Å². The summed E-state index contributed by atoms with van der Waals surface area (Å²) in [5, 5.41) is 3.01. The molecule has 2 heterocycles. The summed E-state index contributed by atoms with van der Waals surface area (Å²) in [4.78, 5) is 19.3. The predicted octanol–water partition coefficient (Wildman–Crippen LogP) is 2.20. The Morgan fingerprint density at radius 3 is 2.67 bits per heavy atom. The Kier molecular flexibility index (Phi) is 5.43. The van der Waals surface area contributed by atoms with Crippen LogP contribution >= 0.6 is 0 Å².